The molecule has 0 N–H and O–H groups in total. The first-order chi connectivity index (χ1) is 6.20. The highest BCUT2D eigenvalue weighted by Crippen LogP contribution is 2.23. The maximum absolute atomic E-state index is 4.04. The van der Waals surface area contributed by atoms with E-state index in [0.29, 0.717) is 5.92 Å². The smallest absolute Gasteiger partial charge is 0.0184 e. The molecule has 13 heavy (non-hydrogen) atoms. The molecule has 0 spiro atoms. The fourth-order valence-electron chi connectivity index (χ4n) is 1.62. The van der Waals surface area contributed by atoms with Crippen molar-refractivity contribution in [1.82, 2.24) is 0 Å². The van der Waals surface area contributed by atoms with E-state index in [1.165, 1.54) is 16.7 Å². The van der Waals surface area contributed by atoms with Gasteiger partial charge >= 0.3 is 0 Å². The Morgan fingerprint density at radius 1 is 1.46 bits per heavy atom. The highest BCUT2D eigenvalue weighted by Gasteiger charge is 2.06. The number of benzene rings is 1. The lowest BCUT2D eigenvalue weighted by atomic mass is 9.92. The highest BCUT2D eigenvalue weighted by molar-refractivity contribution is 5.57. The summed E-state index contributed by atoms with van der Waals surface area (Å²) in [5, 5.41) is 0. The Kier molecular flexibility index (Phi) is 3.30. The normalized spacial score (nSPS) is 10.5. The summed E-state index contributed by atoms with van der Waals surface area (Å²) in [6.07, 6.45) is 3.00. The predicted octanol–water partition coefficient (Wildman–Crippen LogP) is 3.83. The molecule has 0 saturated heterocycles. The Labute approximate surface area is 81.3 Å². The molecule has 0 bridgehead atoms. The number of rotatable bonds is 3. The van der Waals surface area contributed by atoms with Gasteiger partial charge in [0.05, 0.1) is 0 Å². The van der Waals surface area contributed by atoms with E-state index in [2.05, 4.69) is 45.5 Å². The molecule has 0 heteroatoms. The molecule has 1 rings (SSSR count). The molecule has 1 aromatic rings. The van der Waals surface area contributed by atoms with Crippen LogP contribution in [0.25, 0.3) is 6.08 Å². The van der Waals surface area contributed by atoms with E-state index < -0.39 is 0 Å². The highest BCUT2D eigenvalue weighted by atomic mass is 14.1. The Morgan fingerprint density at radius 2 is 2.15 bits per heavy atom. The quantitative estimate of drug-likeness (QED) is 0.651. The average Bonchev–Trinajstić information content (AvgIpc) is 2.16. The fraction of sp³-hybridized carbons (Fsp3) is 0.308. The first-order valence-electron chi connectivity index (χ1n) is 4.78. The van der Waals surface area contributed by atoms with Crippen LogP contribution < -0.4 is 0 Å². The van der Waals surface area contributed by atoms with Crippen molar-refractivity contribution in [2.24, 2.45) is 0 Å². The summed E-state index contributed by atoms with van der Waals surface area (Å²) in [7, 11) is 0. The number of hydrogen-bond acceptors (Lipinski definition) is 0. The summed E-state index contributed by atoms with van der Waals surface area (Å²) in [5.41, 5.74) is 3.94. The molecule has 1 radical (unpaired) electrons. The molecule has 0 saturated carbocycles. The molecular weight excluding hydrogens is 156 g/mol. The molecule has 0 amide bonds. The lowest BCUT2D eigenvalue weighted by Crippen LogP contribution is -1.96. The topological polar surface area (TPSA) is 0 Å². The van der Waals surface area contributed by atoms with E-state index in [1.54, 1.807) is 0 Å². The molecule has 0 aromatic heterocycles. The molecular formula is C13H17. The molecule has 0 aliphatic carbocycles. The first kappa shape index (κ1) is 10.0. The van der Waals surface area contributed by atoms with Gasteiger partial charge in [0, 0.05) is 0 Å². The molecule has 0 heterocycles. The average molecular weight is 173 g/mol. The van der Waals surface area contributed by atoms with E-state index in [-0.39, 0.29) is 0 Å². The van der Waals surface area contributed by atoms with Crippen molar-refractivity contribution < 1.29 is 0 Å². The van der Waals surface area contributed by atoms with Crippen molar-refractivity contribution in [2.45, 2.75) is 26.2 Å². The summed E-state index contributed by atoms with van der Waals surface area (Å²) in [5.74, 6) is 0.333. The molecule has 1 unspecified atom stereocenters. The van der Waals surface area contributed by atoms with E-state index in [9.17, 15) is 0 Å². The lowest BCUT2D eigenvalue weighted by Gasteiger charge is -2.13. The van der Waals surface area contributed by atoms with E-state index in [1.807, 2.05) is 6.08 Å². The van der Waals surface area contributed by atoms with Crippen molar-refractivity contribution in [3.8, 4) is 0 Å². The summed E-state index contributed by atoms with van der Waals surface area (Å²) in [6.45, 7) is 12.2. The van der Waals surface area contributed by atoms with Crippen LogP contribution in [0.5, 0.6) is 0 Å². The van der Waals surface area contributed by atoms with Gasteiger partial charge in [-0.3, -0.25) is 0 Å². The minimum absolute atomic E-state index is 0.333. The van der Waals surface area contributed by atoms with Gasteiger partial charge in [-0.25, -0.2) is 0 Å². The Morgan fingerprint density at radius 3 is 2.62 bits per heavy atom. The minimum Gasteiger partial charge on any atom is -0.0984 e. The van der Waals surface area contributed by atoms with Crippen molar-refractivity contribution >= 4 is 6.08 Å². The maximum atomic E-state index is 4.04. The van der Waals surface area contributed by atoms with E-state index >= 15 is 0 Å². The second kappa shape index (κ2) is 4.27. The van der Waals surface area contributed by atoms with Crippen LogP contribution in [-0.4, -0.2) is 0 Å². The summed E-state index contributed by atoms with van der Waals surface area (Å²) in [6, 6.07) is 6.39. The molecule has 1 aromatic carbocycles. The molecule has 0 nitrogen and oxygen atoms in total. The summed E-state index contributed by atoms with van der Waals surface area (Å²) < 4.78 is 0. The van der Waals surface area contributed by atoms with Gasteiger partial charge in [-0.2, -0.15) is 0 Å². The van der Waals surface area contributed by atoms with Gasteiger partial charge in [0.25, 0.3) is 0 Å². The van der Waals surface area contributed by atoms with Crippen LogP contribution in [0.4, 0.5) is 0 Å². The van der Waals surface area contributed by atoms with Crippen LogP contribution in [0.1, 0.15) is 36.5 Å². The van der Waals surface area contributed by atoms with Gasteiger partial charge in [-0.1, -0.05) is 44.7 Å². The molecule has 0 aliphatic rings. The molecule has 0 fully saturated rings. The monoisotopic (exact) mass is 173 g/mol. The zero-order valence-electron chi connectivity index (χ0n) is 8.51. The van der Waals surface area contributed by atoms with Gasteiger partial charge in [0.15, 0.2) is 0 Å². The predicted molar refractivity (Wildman–Crippen MR) is 59.7 cm³/mol. The molecule has 1 atom stereocenters. The third-order valence-corrected chi connectivity index (χ3v) is 2.35. The Balaban J connectivity index is 3.27. The van der Waals surface area contributed by atoms with Crippen LogP contribution in [0.2, 0.25) is 0 Å². The standard InChI is InChI=1S/C13H17/c1-5-11-8-7-9-13(10(3)4)12(11)6-2/h6-10H,2-3,5H2,1,4H3. The van der Waals surface area contributed by atoms with Gasteiger partial charge in [-0.15, -0.1) is 0 Å². The van der Waals surface area contributed by atoms with E-state index in [4.69, 9.17) is 0 Å². The lowest BCUT2D eigenvalue weighted by molar-refractivity contribution is 0.950. The third kappa shape index (κ3) is 2.00. The van der Waals surface area contributed by atoms with Crippen molar-refractivity contribution in [3.63, 3.8) is 0 Å². The zero-order valence-corrected chi connectivity index (χ0v) is 8.51. The fourth-order valence-corrected chi connectivity index (χ4v) is 1.62. The van der Waals surface area contributed by atoms with E-state index in [0.717, 1.165) is 6.42 Å². The van der Waals surface area contributed by atoms with Gasteiger partial charge in [0.1, 0.15) is 0 Å². The number of aryl methyl sites for hydroxylation is 1. The Hall–Kier alpha value is -1.04. The second-order valence-corrected chi connectivity index (χ2v) is 3.38. The SMILES string of the molecule is [CH2]C(C)c1cccc(CC)c1C=C. The van der Waals surface area contributed by atoms with Gasteiger partial charge < -0.3 is 0 Å². The van der Waals surface area contributed by atoms with Crippen LogP contribution in [0.3, 0.4) is 0 Å². The van der Waals surface area contributed by atoms with Crippen LogP contribution in [0.15, 0.2) is 24.8 Å². The molecule has 0 aliphatic heterocycles. The largest absolute Gasteiger partial charge is 0.0984 e. The third-order valence-electron chi connectivity index (χ3n) is 2.35. The van der Waals surface area contributed by atoms with Crippen LogP contribution in [0, 0.1) is 6.92 Å². The van der Waals surface area contributed by atoms with Crippen LogP contribution >= 0.6 is 0 Å². The van der Waals surface area contributed by atoms with Gasteiger partial charge in [-0.05, 0) is 36.0 Å². The number of hydrogen-bond donors (Lipinski definition) is 0. The van der Waals surface area contributed by atoms with Crippen LogP contribution in [-0.2, 0) is 6.42 Å². The van der Waals surface area contributed by atoms with Crippen molar-refractivity contribution in [2.75, 3.05) is 0 Å². The first-order valence-corrected chi connectivity index (χ1v) is 4.78. The minimum atomic E-state index is 0.333. The Bertz CT molecular complexity index is 295. The van der Waals surface area contributed by atoms with Gasteiger partial charge in [0.2, 0.25) is 0 Å². The maximum Gasteiger partial charge on any atom is -0.0184 e. The summed E-state index contributed by atoms with van der Waals surface area (Å²) in [4.78, 5) is 0. The molecule has 69 valence electrons. The zero-order chi connectivity index (χ0) is 9.84. The second-order valence-electron chi connectivity index (χ2n) is 3.38. The van der Waals surface area contributed by atoms with Crippen molar-refractivity contribution in [1.29, 1.82) is 0 Å². The van der Waals surface area contributed by atoms with Crippen molar-refractivity contribution in [3.05, 3.63) is 48.4 Å². The summed E-state index contributed by atoms with van der Waals surface area (Å²) >= 11 is 0.